The fraction of sp³-hybridized carbons (Fsp3) is 0.333. The molecular formula is C21H26N6O2. The van der Waals surface area contributed by atoms with Gasteiger partial charge in [-0.15, -0.1) is 10.2 Å². The van der Waals surface area contributed by atoms with Gasteiger partial charge in [0.25, 0.3) is 5.91 Å². The number of anilines is 1. The summed E-state index contributed by atoms with van der Waals surface area (Å²) in [5.74, 6) is 1.82. The van der Waals surface area contributed by atoms with Gasteiger partial charge in [-0.25, -0.2) is 4.68 Å². The molecule has 29 heavy (non-hydrogen) atoms. The summed E-state index contributed by atoms with van der Waals surface area (Å²) in [5, 5.41) is 18.8. The molecule has 2 aromatic heterocycles. The van der Waals surface area contributed by atoms with Crippen LogP contribution in [-0.4, -0.2) is 45.6 Å². The van der Waals surface area contributed by atoms with Crippen molar-refractivity contribution in [2.45, 2.75) is 27.7 Å². The zero-order chi connectivity index (χ0) is 20.8. The minimum Gasteiger partial charge on any atom is -0.484 e. The van der Waals surface area contributed by atoms with Gasteiger partial charge in [0, 0.05) is 18.8 Å². The van der Waals surface area contributed by atoms with Gasteiger partial charge in [-0.1, -0.05) is 12.1 Å². The fourth-order valence-electron chi connectivity index (χ4n) is 2.77. The third-order valence-electron chi connectivity index (χ3n) is 4.63. The predicted molar refractivity (Wildman–Crippen MR) is 112 cm³/mol. The quantitative estimate of drug-likeness (QED) is 0.570. The van der Waals surface area contributed by atoms with E-state index >= 15 is 0 Å². The smallest absolute Gasteiger partial charge is 0.258 e. The van der Waals surface area contributed by atoms with E-state index in [-0.39, 0.29) is 12.5 Å². The monoisotopic (exact) mass is 394 g/mol. The number of aromatic nitrogens is 4. The summed E-state index contributed by atoms with van der Waals surface area (Å²) in [7, 11) is 0. The molecule has 0 aliphatic heterocycles. The Hall–Kier alpha value is -3.42. The molecule has 0 aliphatic carbocycles. The highest BCUT2D eigenvalue weighted by molar-refractivity contribution is 5.77. The summed E-state index contributed by atoms with van der Waals surface area (Å²) in [6.07, 6.45) is 0. The summed E-state index contributed by atoms with van der Waals surface area (Å²) >= 11 is 0. The average Bonchev–Trinajstić information content (AvgIpc) is 2.97. The second kappa shape index (κ2) is 9.18. The molecule has 0 atom stereocenters. The highest BCUT2D eigenvalue weighted by atomic mass is 16.5. The van der Waals surface area contributed by atoms with Crippen molar-refractivity contribution in [3.05, 3.63) is 58.9 Å². The Morgan fingerprint density at radius 2 is 1.90 bits per heavy atom. The lowest BCUT2D eigenvalue weighted by molar-refractivity contribution is -0.123. The summed E-state index contributed by atoms with van der Waals surface area (Å²) in [5.41, 5.74) is 4.27. The molecule has 0 aliphatic rings. The molecule has 3 aromatic rings. The van der Waals surface area contributed by atoms with E-state index in [1.165, 1.54) is 0 Å². The van der Waals surface area contributed by atoms with Gasteiger partial charge in [0.2, 0.25) is 0 Å². The molecule has 0 saturated carbocycles. The number of carbonyl (C=O) groups is 1. The Balaban J connectivity index is 1.41. The minimum absolute atomic E-state index is 0.0139. The molecule has 0 unspecified atom stereocenters. The lowest BCUT2D eigenvalue weighted by Gasteiger charge is -2.09. The van der Waals surface area contributed by atoms with Crippen molar-refractivity contribution >= 4 is 11.7 Å². The van der Waals surface area contributed by atoms with Crippen molar-refractivity contribution in [2.24, 2.45) is 0 Å². The summed E-state index contributed by atoms with van der Waals surface area (Å²) < 4.78 is 7.26. The average molecular weight is 394 g/mol. The molecule has 0 saturated heterocycles. The van der Waals surface area contributed by atoms with Gasteiger partial charge in [0.05, 0.1) is 5.69 Å². The number of nitrogens with one attached hydrogen (secondary N) is 2. The molecule has 0 fully saturated rings. The Morgan fingerprint density at radius 3 is 2.55 bits per heavy atom. The molecule has 1 amide bonds. The van der Waals surface area contributed by atoms with Crippen LogP contribution in [0.3, 0.4) is 0 Å². The zero-order valence-corrected chi connectivity index (χ0v) is 17.2. The van der Waals surface area contributed by atoms with Crippen molar-refractivity contribution in [3.8, 4) is 11.6 Å². The number of aryl methyl sites for hydroxylation is 2. The molecule has 2 N–H and O–H groups in total. The lowest BCUT2D eigenvalue weighted by atomic mass is 10.2. The summed E-state index contributed by atoms with van der Waals surface area (Å²) in [6, 6.07) is 11.3. The number of carbonyl (C=O) groups excluding carboxylic acids is 1. The highest BCUT2D eigenvalue weighted by Crippen LogP contribution is 2.15. The third-order valence-corrected chi connectivity index (χ3v) is 4.63. The van der Waals surface area contributed by atoms with Crippen LogP contribution >= 0.6 is 0 Å². The first kappa shape index (κ1) is 20.3. The molecule has 152 valence electrons. The number of hydrogen-bond donors (Lipinski definition) is 2. The van der Waals surface area contributed by atoms with Gasteiger partial charge in [0.15, 0.2) is 12.4 Å². The van der Waals surface area contributed by atoms with Crippen molar-refractivity contribution in [2.75, 3.05) is 25.0 Å². The van der Waals surface area contributed by atoms with E-state index in [2.05, 4.69) is 25.9 Å². The van der Waals surface area contributed by atoms with Crippen LogP contribution in [0.15, 0.2) is 36.4 Å². The van der Waals surface area contributed by atoms with E-state index in [1.54, 1.807) is 4.68 Å². The van der Waals surface area contributed by atoms with Crippen molar-refractivity contribution < 1.29 is 9.53 Å². The van der Waals surface area contributed by atoms with Crippen molar-refractivity contribution in [1.29, 1.82) is 0 Å². The van der Waals surface area contributed by atoms with E-state index in [4.69, 9.17) is 4.74 Å². The van der Waals surface area contributed by atoms with Gasteiger partial charge in [-0.05, 0) is 63.1 Å². The molecule has 0 spiro atoms. The van der Waals surface area contributed by atoms with E-state index in [0.29, 0.717) is 30.5 Å². The molecule has 2 heterocycles. The van der Waals surface area contributed by atoms with Crippen LogP contribution in [0.2, 0.25) is 0 Å². The van der Waals surface area contributed by atoms with Gasteiger partial charge in [-0.2, -0.15) is 5.10 Å². The van der Waals surface area contributed by atoms with E-state index in [0.717, 1.165) is 22.5 Å². The van der Waals surface area contributed by atoms with Crippen LogP contribution in [0.5, 0.6) is 5.75 Å². The maximum atomic E-state index is 11.9. The molecular weight excluding hydrogens is 368 g/mol. The summed E-state index contributed by atoms with van der Waals surface area (Å²) in [6.45, 7) is 8.97. The topological polar surface area (TPSA) is 94.0 Å². The number of hydrogen-bond acceptors (Lipinski definition) is 6. The van der Waals surface area contributed by atoms with E-state index in [1.807, 2.05) is 64.1 Å². The third kappa shape index (κ3) is 5.31. The first-order valence-electron chi connectivity index (χ1n) is 9.51. The minimum atomic E-state index is -0.172. The normalized spacial score (nSPS) is 10.6. The lowest BCUT2D eigenvalue weighted by Crippen LogP contribution is -2.32. The van der Waals surface area contributed by atoms with Crippen LogP contribution in [0.1, 0.15) is 22.5 Å². The number of benzene rings is 1. The van der Waals surface area contributed by atoms with Crippen molar-refractivity contribution in [3.63, 3.8) is 0 Å². The van der Waals surface area contributed by atoms with E-state index in [9.17, 15) is 4.79 Å². The molecule has 0 bridgehead atoms. The Morgan fingerprint density at radius 1 is 1.07 bits per heavy atom. The molecule has 8 nitrogen and oxygen atoms in total. The van der Waals surface area contributed by atoms with E-state index < -0.39 is 0 Å². The van der Waals surface area contributed by atoms with Gasteiger partial charge in [0.1, 0.15) is 11.6 Å². The second-order valence-corrected chi connectivity index (χ2v) is 6.87. The maximum Gasteiger partial charge on any atom is 0.258 e. The van der Waals surface area contributed by atoms with Crippen LogP contribution in [-0.2, 0) is 4.79 Å². The molecule has 8 heteroatoms. The van der Waals surface area contributed by atoms with Crippen LogP contribution < -0.4 is 15.4 Å². The molecule has 3 rings (SSSR count). The first-order chi connectivity index (χ1) is 13.9. The summed E-state index contributed by atoms with van der Waals surface area (Å²) in [4.78, 5) is 11.9. The SMILES string of the molecule is Cc1cccc(OCC(=O)NCCNc2ccc(-n3nc(C)c(C)c3C)nn2)c1. The number of nitrogens with zero attached hydrogens (tertiary/aromatic N) is 4. The first-order valence-corrected chi connectivity index (χ1v) is 9.51. The second-order valence-electron chi connectivity index (χ2n) is 6.87. The zero-order valence-electron chi connectivity index (χ0n) is 17.2. The highest BCUT2D eigenvalue weighted by Gasteiger charge is 2.10. The van der Waals surface area contributed by atoms with Gasteiger partial charge >= 0.3 is 0 Å². The Labute approximate surface area is 170 Å². The standard InChI is InChI=1S/C21H26N6O2/c1-14-6-5-7-18(12-14)29-13-21(28)23-11-10-22-19-8-9-20(25-24-19)27-17(4)15(2)16(3)26-27/h5-9,12H,10-11,13H2,1-4H3,(H,22,24)(H,23,28). The predicted octanol–water partition coefficient (Wildman–Crippen LogP) is 2.50. The molecule has 0 radical (unpaired) electrons. The van der Waals surface area contributed by atoms with Gasteiger partial charge in [-0.3, -0.25) is 4.79 Å². The largest absolute Gasteiger partial charge is 0.484 e. The van der Waals surface area contributed by atoms with Crippen molar-refractivity contribution in [1.82, 2.24) is 25.3 Å². The Kier molecular flexibility index (Phi) is 6.43. The van der Waals surface area contributed by atoms with Crippen LogP contribution in [0, 0.1) is 27.7 Å². The maximum absolute atomic E-state index is 11.9. The van der Waals surface area contributed by atoms with Crippen LogP contribution in [0.25, 0.3) is 5.82 Å². The Bertz CT molecular complexity index is 981. The number of ether oxygens (including phenoxy) is 1. The number of amides is 1. The van der Waals surface area contributed by atoms with Gasteiger partial charge < -0.3 is 15.4 Å². The molecule has 1 aromatic carbocycles. The fourth-order valence-corrected chi connectivity index (χ4v) is 2.77. The van der Waals surface area contributed by atoms with Crippen LogP contribution in [0.4, 0.5) is 5.82 Å². The number of rotatable bonds is 8.